The quantitative estimate of drug-likeness (QED) is 0.757. The molecule has 1 aromatic carbocycles. The van der Waals surface area contributed by atoms with E-state index in [-0.39, 0.29) is 13.0 Å². The van der Waals surface area contributed by atoms with Crippen LogP contribution >= 0.6 is 0 Å². The molecule has 7 heteroatoms. The van der Waals surface area contributed by atoms with Crippen molar-refractivity contribution < 1.29 is 24.8 Å². The van der Waals surface area contributed by atoms with Gasteiger partial charge in [0.05, 0.1) is 35.4 Å². The Bertz CT molecular complexity index is 714. The van der Waals surface area contributed by atoms with Gasteiger partial charge in [-0.05, 0) is 31.5 Å². The van der Waals surface area contributed by atoms with Crippen LogP contribution in [0.5, 0.6) is 5.75 Å². The predicted molar refractivity (Wildman–Crippen MR) is 83.2 cm³/mol. The number of hydrogen-bond donors (Lipinski definition) is 3. The van der Waals surface area contributed by atoms with Crippen LogP contribution < -0.4 is 4.74 Å². The first-order valence-corrected chi connectivity index (χ1v) is 7.63. The second-order valence-electron chi connectivity index (χ2n) is 6.09. The molecule has 0 radical (unpaired) electrons. The average molecular weight is 322 g/mol. The Labute approximate surface area is 134 Å². The fraction of sp³-hybridized carbons (Fsp3) is 0.562. The summed E-state index contributed by atoms with van der Waals surface area (Å²) in [6.07, 6.45) is -3.60. The van der Waals surface area contributed by atoms with Crippen molar-refractivity contribution in [3.05, 3.63) is 23.4 Å². The minimum atomic E-state index is -1.18. The predicted octanol–water partition coefficient (Wildman–Crippen LogP) is 0.398. The molecule has 126 valence electrons. The number of rotatable bonds is 3. The monoisotopic (exact) mass is 322 g/mol. The molecule has 7 nitrogen and oxygen atoms in total. The summed E-state index contributed by atoms with van der Waals surface area (Å²) in [5, 5.41) is 34.5. The number of hydrogen-bond acceptors (Lipinski definition) is 6. The number of fused-ring (bicyclic) bond motifs is 1. The van der Waals surface area contributed by atoms with Crippen LogP contribution in [0.2, 0.25) is 0 Å². The van der Waals surface area contributed by atoms with Crippen molar-refractivity contribution in [1.82, 2.24) is 9.78 Å². The van der Waals surface area contributed by atoms with E-state index >= 15 is 0 Å². The van der Waals surface area contributed by atoms with E-state index in [0.717, 1.165) is 22.2 Å². The highest BCUT2D eigenvalue weighted by molar-refractivity contribution is 5.88. The second kappa shape index (κ2) is 6.09. The van der Waals surface area contributed by atoms with E-state index in [1.807, 2.05) is 33.0 Å². The maximum absolute atomic E-state index is 10.1. The summed E-state index contributed by atoms with van der Waals surface area (Å²) < 4.78 is 13.2. The summed E-state index contributed by atoms with van der Waals surface area (Å²) in [6.45, 7) is 3.59. The van der Waals surface area contributed by atoms with Crippen LogP contribution in [-0.2, 0) is 11.8 Å². The molecule has 4 atom stereocenters. The van der Waals surface area contributed by atoms with Gasteiger partial charge in [-0.1, -0.05) is 0 Å². The number of aryl methyl sites for hydroxylation is 3. The molecule has 0 aliphatic carbocycles. The number of ether oxygens (including phenoxy) is 2. The maximum Gasteiger partial charge on any atom is 0.229 e. The second-order valence-corrected chi connectivity index (χ2v) is 6.09. The first kappa shape index (κ1) is 16.2. The Balaban J connectivity index is 1.97. The van der Waals surface area contributed by atoms with E-state index in [4.69, 9.17) is 9.47 Å². The van der Waals surface area contributed by atoms with E-state index in [9.17, 15) is 15.3 Å². The summed E-state index contributed by atoms with van der Waals surface area (Å²) in [4.78, 5) is 0. The average Bonchev–Trinajstić information content (AvgIpc) is 2.78. The Kier molecular flexibility index (Phi) is 4.29. The van der Waals surface area contributed by atoms with Gasteiger partial charge in [-0.2, -0.15) is 5.10 Å². The zero-order chi connectivity index (χ0) is 16.7. The Morgan fingerprint density at radius 3 is 2.78 bits per heavy atom. The van der Waals surface area contributed by atoms with Crippen molar-refractivity contribution in [2.45, 2.75) is 44.9 Å². The lowest BCUT2D eigenvalue weighted by atomic mass is 10.0. The molecule has 0 saturated carbocycles. The van der Waals surface area contributed by atoms with Gasteiger partial charge in [-0.3, -0.25) is 4.68 Å². The molecule has 0 spiro atoms. The van der Waals surface area contributed by atoms with Crippen LogP contribution in [0.1, 0.15) is 17.7 Å². The van der Waals surface area contributed by atoms with E-state index in [1.54, 1.807) is 4.68 Å². The van der Waals surface area contributed by atoms with Crippen molar-refractivity contribution in [1.29, 1.82) is 0 Å². The van der Waals surface area contributed by atoms with Gasteiger partial charge >= 0.3 is 0 Å². The van der Waals surface area contributed by atoms with Gasteiger partial charge in [0.15, 0.2) is 0 Å². The lowest BCUT2D eigenvalue weighted by Gasteiger charge is -2.36. The largest absolute Gasteiger partial charge is 0.461 e. The van der Waals surface area contributed by atoms with Crippen LogP contribution in [0.3, 0.4) is 0 Å². The SMILES string of the molecule is Cc1cc(OC2OC(CO)CC(O)C2O)c2c(C)nn(C)c2c1. The minimum Gasteiger partial charge on any atom is -0.461 e. The molecule has 1 aromatic heterocycles. The van der Waals surface area contributed by atoms with Crippen molar-refractivity contribution in [3.63, 3.8) is 0 Å². The van der Waals surface area contributed by atoms with Crippen molar-refractivity contribution >= 4 is 10.9 Å². The Morgan fingerprint density at radius 2 is 2.09 bits per heavy atom. The molecule has 1 aliphatic heterocycles. The summed E-state index contributed by atoms with van der Waals surface area (Å²) in [5.41, 5.74) is 2.71. The van der Waals surface area contributed by atoms with Gasteiger partial charge in [0.2, 0.25) is 6.29 Å². The molecule has 2 aromatic rings. The molecular formula is C16H22N2O5. The van der Waals surface area contributed by atoms with Gasteiger partial charge in [-0.15, -0.1) is 0 Å². The van der Waals surface area contributed by atoms with Crippen molar-refractivity contribution in [3.8, 4) is 5.75 Å². The zero-order valence-electron chi connectivity index (χ0n) is 13.4. The summed E-state index contributed by atoms with van der Waals surface area (Å²) in [5.74, 6) is 0.542. The maximum atomic E-state index is 10.1. The highest BCUT2D eigenvalue weighted by Crippen LogP contribution is 2.32. The molecular weight excluding hydrogens is 300 g/mol. The standard InChI is InChI=1S/C16H22N2O5/c1-8-4-11-14(9(2)17-18(11)3)13(5-8)23-16-15(21)12(20)6-10(7-19)22-16/h4-5,10,12,15-16,19-21H,6-7H2,1-3H3. The topological polar surface area (TPSA) is 97.0 Å². The van der Waals surface area contributed by atoms with E-state index in [2.05, 4.69) is 5.10 Å². The molecule has 4 unspecified atom stereocenters. The van der Waals surface area contributed by atoms with Gasteiger partial charge in [0, 0.05) is 13.5 Å². The summed E-state index contributed by atoms with van der Waals surface area (Å²) in [7, 11) is 1.86. The van der Waals surface area contributed by atoms with Gasteiger partial charge in [-0.25, -0.2) is 0 Å². The normalized spacial score (nSPS) is 28.3. The molecule has 0 amide bonds. The number of aromatic nitrogens is 2. The van der Waals surface area contributed by atoms with Crippen molar-refractivity contribution in [2.24, 2.45) is 7.05 Å². The Morgan fingerprint density at radius 1 is 1.35 bits per heavy atom. The number of benzene rings is 1. The third-order valence-electron chi connectivity index (χ3n) is 4.19. The number of aliphatic hydroxyl groups is 3. The number of nitrogens with zero attached hydrogens (tertiary/aromatic N) is 2. The smallest absolute Gasteiger partial charge is 0.229 e. The van der Waals surface area contributed by atoms with Crippen LogP contribution in [0.4, 0.5) is 0 Å². The molecule has 3 N–H and O–H groups in total. The number of aliphatic hydroxyl groups excluding tert-OH is 3. The molecule has 3 rings (SSSR count). The van der Waals surface area contributed by atoms with E-state index < -0.39 is 24.6 Å². The van der Waals surface area contributed by atoms with Gasteiger partial charge < -0.3 is 24.8 Å². The lowest BCUT2D eigenvalue weighted by Crippen LogP contribution is -2.51. The van der Waals surface area contributed by atoms with Crippen LogP contribution in [0.25, 0.3) is 10.9 Å². The first-order chi connectivity index (χ1) is 10.9. The van der Waals surface area contributed by atoms with Crippen molar-refractivity contribution in [2.75, 3.05) is 6.61 Å². The van der Waals surface area contributed by atoms with Crippen LogP contribution in [0.15, 0.2) is 12.1 Å². The zero-order valence-corrected chi connectivity index (χ0v) is 13.4. The van der Waals surface area contributed by atoms with Crippen LogP contribution in [-0.4, -0.2) is 56.3 Å². The summed E-state index contributed by atoms with van der Waals surface area (Å²) >= 11 is 0. The van der Waals surface area contributed by atoms with Crippen LogP contribution in [0, 0.1) is 13.8 Å². The highest BCUT2D eigenvalue weighted by atomic mass is 16.7. The third-order valence-corrected chi connectivity index (χ3v) is 4.19. The fourth-order valence-corrected chi connectivity index (χ4v) is 3.03. The van der Waals surface area contributed by atoms with Gasteiger partial charge in [0.1, 0.15) is 11.9 Å². The Hall–Kier alpha value is -1.67. The van der Waals surface area contributed by atoms with Gasteiger partial charge in [0.25, 0.3) is 0 Å². The highest BCUT2D eigenvalue weighted by Gasteiger charge is 2.38. The lowest BCUT2D eigenvalue weighted by molar-refractivity contribution is -0.240. The molecule has 1 aliphatic rings. The molecule has 23 heavy (non-hydrogen) atoms. The summed E-state index contributed by atoms with van der Waals surface area (Å²) in [6, 6.07) is 3.85. The minimum absolute atomic E-state index is 0.173. The molecule has 0 bridgehead atoms. The first-order valence-electron chi connectivity index (χ1n) is 7.63. The van der Waals surface area contributed by atoms with E-state index in [1.165, 1.54) is 0 Å². The van der Waals surface area contributed by atoms with E-state index in [0.29, 0.717) is 5.75 Å². The molecule has 2 heterocycles. The molecule has 1 fully saturated rings. The fourth-order valence-electron chi connectivity index (χ4n) is 3.03. The third kappa shape index (κ3) is 2.92. The molecule has 1 saturated heterocycles.